The molecule has 0 aliphatic rings. The first kappa shape index (κ1) is 21.4. The van der Waals surface area contributed by atoms with E-state index in [4.69, 9.17) is 4.74 Å². The van der Waals surface area contributed by atoms with E-state index in [0.29, 0.717) is 24.8 Å². The van der Waals surface area contributed by atoms with E-state index < -0.39 is 10.0 Å². The molecular weight excluding hydrogens is 340 g/mol. The van der Waals surface area contributed by atoms with E-state index in [1.807, 2.05) is 0 Å². The van der Waals surface area contributed by atoms with Crippen molar-refractivity contribution in [2.75, 3.05) is 20.2 Å². The van der Waals surface area contributed by atoms with E-state index in [-0.39, 0.29) is 16.4 Å². The van der Waals surface area contributed by atoms with Crippen molar-refractivity contribution in [3.05, 3.63) is 23.8 Å². The van der Waals surface area contributed by atoms with Gasteiger partial charge in [-0.25, -0.2) is 13.1 Å². The van der Waals surface area contributed by atoms with Gasteiger partial charge in [0.2, 0.25) is 10.0 Å². The van der Waals surface area contributed by atoms with Crippen LogP contribution in [-0.2, 0) is 10.0 Å². The second-order valence-electron chi connectivity index (χ2n) is 5.99. The molecule has 1 amide bonds. The molecule has 1 rings (SSSR count). The van der Waals surface area contributed by atoms with Gasteiger partial charge in [0.05, 0.1) is 17.6 Å². The van der Waals surface area contributed by atoms with Crippen molar-refractivity contribution in [3.8, 4) is 5.75 Å². The van der Waals surface area contributed by atoms with Gasteiger partial charge in [-0.1, -0.05) is 33.1 Å². The summed E-state index contributed by atoms with van der Waals surface area (Å²) >= 11 is 0. The van der Waals surface area contributed by atoms with Crippen LogP contribution in [0.2, 0.25) is 0 Å². The molecule has 0 spiro atoms. The number of carbonyl (C=O) groups is 1. The zero-order chi connectivity index (χ0) is 18.9. The predicted molar refractivity (Wildman–Crippen MR) is 99.5 cm³/mol. The number of benzene rings is 1. The van der Waals surface area contributed by atoms with E-state index in [1.54, 1.807) is 6.92 Å². The fraction of sp³-hybridized carbons (Fsp3) is 0.611. The smallest absolute Gasteiger partial charge is 0.255 e. The number of methoxy groups -OCH3 is 1. The van der Waals surface area contributed by atoms with E-state index in [9.17, 15) is 13.2 Å². The molecule has 142 valence electrons. The lowest BCUT2D eigenvalue weighted by Gasteiger charge is -2.16. The summed E-state index contributed by atoms with van der Waals surface area (Å²) < 4.78 is 33.0. The molecule has 0 heterocycles. The van der Waals surface area contributed by atoms with Gasteiger partial charge in [0.1, 0.15) is 5.75 Å². The van der Waals surface area contributed by atoms with Gasteiger partial charge in [0.15, 0.2) is 0 Å². The highest BCUT2D eigenvalue weighted by atomic mass is 32.2. The van der Waals surface area contributed by atoms with Crippen LogP contribution in [-0.4, -0.2) is 34.5 Å². The molecule has 1 aromatic rings. The summed E-state index contributed by atoms with van der Waals surface area (Å²) in [5.41, 5.74) is 0.213. The Labute approximate surface area is 151 Å². The van der Waals surface area contributed by atoms with Crippen molar-refractivity contribution in [2.45, 2.75) is 51.3 Å². The van der Waals surface area contributed by atoms with Gasteiger partial charge in [-0.15, -0.1) is 0 Å². The molecular formula is C18H30N2O4S. The lowest BCUT2D eigenvalue weighted by Crippen LogP contribution is -2.30. The van der Waals surface area contributed by atoms with Gasteiger partial charge in [-0.05, 0) is 37.5 Å². The van der Waals surface area contributed by atoms with Crippen LogP contribution in [0.3, 0.4) is 0 Å². The number of hydrogen-bond donors (Lipinski definition) is 2. The Balaban J connectivity index is 2.97. The molecule has 2 N–H and O–H groups in total. The van der Waals surface area contributed by atoms with Crippen LogP contribution < -0.4 is 14.8 Å². The van der Waals surface area contributed by atoms with Crippen LogP contribution in [0.1, 0.15) is 56.8 Å². The normalized spacial score (nSPS) is 12.6. The van der Waals surface area contributed by atoms with E-state index >= 15 is 0 Å². The number of sulfonamides is 1. The number of unbranched alkanes of at least 4 members (excludes halogenated alkanes) is 1. The summed E-state index contributed by atoms with van der Waals surface area (Å²) in [6.45, 7) is 6.84. The number of amides is 1. The highest BCUT2D eigenvalue weighted by Gasteiger charge is 2.20. The Bertz CT molecular complexity index is 659. The standard InChI is InChI=1S/C18H30N2O4S/c1-5-8-9-14(6-2)13-20-25(22,23)15-10-11-17(24-4)16(12-15)18(21)19-7-3/h10-12,14,20H,5-9,13H2,1-4H3,(H,19,21)/t14-/m0/s1. The first-order valence-corrected chi connectivity index (χ1v) is 10.3. The third kappa shape index (κ3) is 6.32. The summed E-state index contributed by atoms with van der Waals surface area (Å²) in [7, 11) is -2.22. The number of carbonyl (C=O) groups excluding carboxylic acids is 1. The average Bonchev–Trinajstić information content (AvgIpc) is 2.61. The first-order chi connectivity index (χ1) is 11.9. The molecule has 7 heteroatoms. The maximum Gasteiger partial charge on any atom is 0.255 e. The van der Waals surface area contributed by atoms with Crippen LogP contribution >= 0.6 is 0 Å². The SMILES string of the molecule is CCCC[C@H](CC)CNS(=O)(=O)c1ccc(OC)c(C(=O)NCC)c1. The second-order valence-corrected chi connectivity index (χ2v) is 7.76. The third-order valence-corrected chi connectivity index (χ3v) is 5.59. The molecule has 25 heavy (non-hydrogen) atoms. The van der Waals surface area contributed by atoms with Gasteiger partial charge < -0.3 is 10.1 Å². The van der Waals surface area contributed by atoms with E-state index in [2.05, 4.69) is 23.9 Å². The van der Waals surface area contributed by atoms with E-state index in [1.165, 1.54) is 25.3 Å². The van der Waals surface area contributed by atoms with E-state index in [0.717, 1.165) is 25.7 Å². The lowest BCUT2D eigenvalue weighted by molar-refractivity contribution is 0.0952. The van der Waals surface area contributed by atoms with Crippen molar-refractivity contribution < 1.29 is 17.9 Å². The summed E-state index contributed by atoms with van der Waals surface area (Å²) in [6.07, 6.45) is 4.11. The quantitative estimate of drug-likeness (QED) is 0.627. The highest BCUT2D eigenvalue weighted by molar-refractivity contribution is 7.89. The summed E-state index contributed by atoms with van der Waals surface area (Å²) in [5.74, 6) is 0.306. The van der Waals surface area contributed by atoms with Crippen molar-refractivity contribution in [3.63, 3.8) is 0 Å². The Morgan fingerprint density at radius 1 is 1.24 bits per heavy atom. The molecule has 0 radical (unpaired) electrons. The monoisotopic (exact) mass is 370 g/mol. The van der Waals surface area contributed by atoms with Crippen molar-refractivity contribution in [1.82, 2.24) is 10.0 Å². The Kier molecular flexibility index (Phi) is 8.92. The molecule has 0 bridgehead atoms. The second kappa shape index (κ2) is 10.4. The zero-order valence-electron chi connectivity index (χ0n) is 15.6. The first-order valence-electron chi connectivity index (χ1n) is 8.85. The molecule has 0 aliphatic carbocycles. The number of rotatable bonds is 11. The van der Waals surface area contributed by atoms with Gasteiger partial charge in [0.25, 0.3) is 5.91 Å². The average molecular weight is 371 g/mol. The van der Waals surface area contributed by atoms with Crippen LogP contribution in [0, 0.1) is 5.92 Å². The minimum Gasteiger partial charge on any atom is -0.496 e. The fourth-order valence-electron chi connectivity index (χ4n) is 2.54. The number of hydrogen-bond acceptors (Lipinski definition) is 4. The lowest BCUT2D eigenvalue weighted by atomic mass is 10.00. The molecule has 1 atom stereocenters. The summed E-state index contributed by atoms with van der Waals surface area (Å²) in [4.78, 5) is 12.2. The zero-order valence-corrected chi connectivity index (χ0v) is 16.4. The Morgan fingerprint density at radius 3 is 2.52 bits per heavy atom. The van der Waals surface area contributed by atoms with Gasteiger partial charge >= 0.3 is 0 Å². The molecule has 6 nitrogen and oxygen atoms in total. The fourth-order valence-corrected chi connectivity index (χ4v) is 3.68. The Hall–Kier alpha value is -1.60. The van der Waals surface area contributed by atoms with Gasteiger partial charge in [0, 0.05) is 13.1 Å². The molecule has 1 aromatic carbocycles. The summed E-state index contributed by atoms with van der Waals surface area (Å²) in [6, 6.07) is 4.32. The van der Waals surface area contributed by atoms with Crippen molar-refractivity contribution in [1.29, 1.82) is 0 Å². The minimum atomic E-state index is -3.67. The van der Waals surface area contributed by atoms with Gasteiger partial charge in [-0.2, -0.15) is 0 Å². The molecule has 0 unspecified atom stereocenters. The number of nitrogens with one attached hydrogen (secondary N) is 2. The van der Waals surface area contributed by atoms with Crippen LogP contribution in [0.5, 0.6) is 5.75 Å². The van der Waals surface area contributed by atoms with Crippen molar-refractivity contribution >= 4 is 15.9 Å². The largest absolute Gasteiger partial charge is 0.496 e. The molecule has 0 saturated carbocycles. The Morgan fingerprint density at radius 2 is 1.96 bits per heavy atom. The van der Waals surface area contributed by atoms with Crippen molar-refractivity contribution in [2.24, 2.45) is 5.92 Å². The highest BCUT2D eigenvalue weighted by Crippen LogP contribution is 2.23. The maximum atomic E-state index is 12.6. The summed E-state index contributed by atoms with van der Waals surface area (Å²) in [5, 5.41) is 2.66. The van der Waals surface area contributed by atoms with Crippen LogP contribution in [0.25, 0.3) is 0 Å². The number of ether oxygens (including phenoxy) is 1. The minimum absolute atomic E-state index is 0.0693. The van der Waals surface area contributed by atoms with Crippen LogP contribution in [0.15, 0.2) is 23.1 Å². The predicted octanol–water partition coefficient (Wildman–Crippen LogP) is 2.94. The molecule has 0 saturated heterocycles. The topological polar surface area (TPSA) is 84.5 Å². The molecule has 0 aromatic heterocycles. The molecule has 0 aliphatic heterocycles. The van der Waals surface area contributed by atoms with Gasteiger partial charge in [-0.3, -0.25) is 4.79 Å². The maximum absolute atomic E-state index is 12.6. The molecule has 0 fully saturated rings. The van der Waals surface area contributed by atoms with Crippen LogP contribution in [0.4, 0.5) is 0 Å². The third-order valence-electron chi connectivity index (χ3n) is 4.17.